The van der Waals surface area contributed by atoms with Gasteiger partial charge < -0.3 is 15.1 Å². The SMILES string of the molecule is CCCC[N+](CCC)(CCCCCCCN(CC)CC(=O)Nc1c(C)cccc1C)CC(=O)Nc1c(C)cccc1C. The van der Waals surface area contributed by atoms with Gasteiger partial charge in [-0.1, -0.05) is 76.4 Å². The van der Waals surface area contributed by atoms with Gasteiger partial charge in [0.05, 0.1) is 26.2 Å². The lowest BCUT2D eigenvalue weighted by molar-refractivity contribution is -0.921. The molecule has 234 valence electrons. The summed E-state index contributed by atoms with van der Waals surface area (Å²) in [7, 11) is 0. The highest BCUT2D eigenvalue weighted by Gasteiger charge is 2.29. The molecule has 0 saturated carbocycles. The van der Waals surface area contributed by atoms with Crippen molar-refractivity contribution < 1.29 is 14.1 Å². The van der Waals surface area contributed by atoms with Crippen LogP contribution in [-0.2, 0) is 9.59 Å². The van der Waals surface area contributed by atoms with Crippen LogP contribution in [0.4, 0.5) is 11.4 Å². The molecule has 2 N–H and O–H groups in total. The standard InChI is InChI=1S/C36H58N4O2/c1-8-11-25-40(24-9-2,28-34(42)38-36-31(6)21-18-22-32(36)7)26-16-14-12-13-15-23-39(10-3)27-33(41)37-35-29(4)19-17-20-30(35)5/h17-22H,8-16,23-28H2,1-7H3,(H-,37,38,41,42)/p+1. The number of unbranched alkanes of at least 4 members (excludes halogenated alkanes) is 5. The topological polar surface area (TPSA) is 61.4 Å². The van der Waals surface area contributed by atoms with E-state index < -0.39 is 0 Å². The number of rotatable bonds is 20. The molecule has 6 nitrogen and oxygen atoms in total. The van der Waals surface area contributed by atoms with E-state index in [9.17, 15) is 9.59 Å². The molecule has 0 aliphatic carbocycles. The second kappa shape index (κ2) is 18.8. The Morgan fingerprint density at radius 1 is 0.643 bits per heavy atom. The molecular weight excluding hydrogens is 520 g/mol. The number of para-hydroxylation sites is 2. The van der Waals surface area contributed by atoms with Gasteiger partial charge in [-0.15, -0.1) is 0 Å². The van der Waals surface area contributed by atoms with E-state index in [0.717, 1.165) is 103 Å². The highest BCUT2D eigenvalue weighted by Crippen LogP contribution is 2.22. The lowest BCUT2D eigenvalue weighted by atomic mass is 10.1. The van der Waals surface area contributed by atoms with Crippen LogP contribution < -0.4 is 10.6 Å². The molecule has 0 spiro atoms. The Kier molecular flexibility index (Phi) is 15.9. The first-order chi connectivity index (χ1) is 20.1. The number of nitrogens with one attached hydrogen (secondary N) is 2. The minimum atomic E-state index is 0.0629. The van der Waals surface area contributed by atoms with E-state index in [4.69, 9.17) is 0 Å². The molecule has 1 unspecified atom stereocenters. The van der Waals surface area contributed by atoms with Crippen molar-refractivity contribution >= 4 is 23.2 Å². The largest absolute Gasteiger partial charge is 0.324 e. The van der Waals surface area contributed by atoms with Gasteiger partial charge in [0.2, 0.25) is 5.91 Å². The summed E-state index contributed by atoms with van der Waals surface area (Å²) in [6, 6.07) is 12.3. The van der Waals surface area contributed by atoms with E-state index in [0.29, 0.717) is 13.1 Å². The summed E-state index contributed by atoms with van der Waals surface area (Å²) < 4.78 is 0.889. The third kappa shape index (κ3) is 11.9. The fraction of sp³-hybridized carbons (Fsp3) is 0.611. The predicted molar refractivity (Wildman–Crippen MR) is 179 cm³/mol. The van der Waals surface area contributed by atoms with E-state index >= 15 is 0 Å². The maximum Gasteiger partial charge on any atom is 0.279 e. The molecule has 2 aromatic rings. The van der Waals surface area contributed by atoms with Gasteiger partial charge in [0, 0.05) is 11.4 Å². The minimum absolute atomic E-state index is 0.0629. The van der Waals surface area contributed by atoms with Crippen LogP contribution in [0.15, 0.2) is 36.4 Å². The van der Waals surface area contributed by atoms with Gasteiger partial charge in [-0.2, -0.15) is 0 Å². The maximum atomic E-state index is 13.3. The maximum absolute atomic E-state index is 13.3. The molecule has 6 heteroatoms. The smallest absolute Gasteiger partial charge is 0.279 e. The third-order valence-corrected chi connectivity index (χ3v) is 8.58. The van der Waals surface area contributed by atoms with Gasteiger partial charge in [0.25, 0.3) is 5.91 Å². The zero-order valence-corrected chi connectivity index (χ0v) is 27.8. The summed E-state index contributed by atoms with van der Waals surface area (Å²) in [4.78, 5) is 28.2. The summed E-state index contributed by atoms with van der Waals surface area (Å²) in [5.41, 5.74) is 6.35. The third-order valence-electron chi connectivity index (χ3n) is 8.58. The second-order valence-corrected chi connectivity index (χ2v) is 12.3. The summed E-state index contributed by atoms with van der Waals surface area (Å²) >= 11 is 0. The van der Waals surface area contributed by atoms with Crippen LogP contribution in [0.5, 0.6) is 0 Å². The Morgan fingerprint density at radius 2 is 1.14 bits per heavy atom. The number of likely N-dealkylation sites (N-methyl/N-ethyl adjacent to an activating group) is 1. The first kappa shape index (κ1) is 35.5. The van der Waals surface area contributed by atoms with Crippen LogP contribution in [0.25, 0.3) is 0 Å². The molecule has 42 heavy (non-hydrogen) atoms. The molecule has 2 amide bonds. The first-order valence-electron chi connectivity index (χ1n) is 16.4. The Labute approximate surface area is 256 Å². The van der Waals surface area contributed by atoms with Crippen LogP contribution in [0.3, 0.4) is 0 Å². The number of hydrogen-bond donors (Lipinski definition) is 2. The van der Waals surface area contributed by atoms with Gasteiger partial charge in [-0.05, 0) is 95.1 Å². The summed E-state index contributed by atoms with van der Waals surface area (Å²) in [5, 5.41) is 6.37. The van der Waals surface area contributed by atoms with E-state index in [1.54, 1.807) is 0 Å². The second-order valence-electron chi connectivity index (χ2n) is 12.3. The number of nitrogens with zero attached hydrogens (tertiary/aromatic N) is 2. The molecule has 0 radical (unpaired) electrons. The molecule has 1 atom stereocenters. The molecule has 0 aliphatic rings. The van der Waals surface area contributed by atoms with Crippen molar-refractivity contribution in [2.45, 2.75) is 99.8 Å². The molecule has 2 aromatic carbocycles. The summed E-state index contributed by atoms with van der Waals surface area (Å²) in [5.74, 6) is 0.200. The van der Waals surface area contributed by atoms with Crippen LogP contribution >= 0.6 is 0 Å². The minimum Gasteiger partial charge on any atom is -0.324 e. The molecule has 0 aromatic heterocycles. The van der Waals surface area contributed by atoms with Crippen LogP contribution in [-0.4, -0.2) is 67.0 Å². The number of anilines is 2. The zero-order chi connectivity index (χ0) is 31.0. The van der Waals surface area contributed by atoms with Crippen LogP contribution in [0, 0.1) is 27.7 Å². The van der Waals surface area contributed by atoms with E-state index in [1.165, 1.54) is 19.3 Å². The van der Waals surface area contributed by atoms with Crippen molar-refractivity contribution in [3.63, 3.8) is 0 Å². The van der Waals surface area contributed by atoms with E-state index in [2.05, 4.69) is 62.3 Å². The highest BCUT2D eigenvalue weighted by molar-refractivity contribution is 5.94. The number of quaternary nitrogens is 1. The molecule has 2 rings (SSSR count). The molecule has 0 saturated heterocycles. The lowest BCUT2D eigenvalue weighted by Gasteiger charge is -2.38. The van der Waals surface area contributed by atoms with Gasteiger partial charge in [-0.3, -0.25) is 14.5 Å². The number of amides is 2. The van der Waals surface area contributed by atoms with Gasteiger partial charge in [-0.25, -0.2) is 0 Å². The fourth-order valence-corrected chi connectivity index (χ4v) is 6.09. The normalized spacial score (nSPS) is 12.8. The predicted octanol–water partition coefficient (Wildman–Crippen LogP) is 7.80. The van der Waals surface area contributed by atoms with Gasteiger partial charge in [0.15, 0.2) is 6.54 Å². The molecule has 0 fully saturated rings. The molecule has 0 bridgehead atoms. The monoisotopic (exact) mass is 579 g/mol. The Hall–Kier alpha value is -2.70. The number of aryl methyl sites for hydroxylation is 4. The summed E-state index contributed by atoms with van der Waals surface area (Å²) in [6.45, 7) is 20.8. The molecule has 0 heterocycles. The zero-order valence-electron chi connectivity index (χ0n) is 27.8. The Bertz CT molecular complexity index is 1080. The average Bonchev–Trinajstić information content (AvgIpc) is 2.95. The Morgan fingerprint density at radius 3 is 1.67 bits per heavy atom. The number of benzene rings is 2. The van der Waals surface area contributed by atoms with Crippen molar-refractivity contribution in [2.24, 2.45) is 0 Å². The van der Waals surface area contributed by atoms with Crippen molar-refractivity contribution in [2.75, 3.05) is 56.4 Å². The molecule has 0 aliphatic heterocycles. The first-order valence-corrected chi connectivity index (χ1v) is 16.4. The van der Waals surface area contributed by atoms with Gasteiger partial charge in [0.1, 0.15) is 0 Å². The average molecular weight is 580 g/mol. The van der Waals surface area contributed by atoms with Crippen molar-refractivity contribution in [3.8, 4) is 0 Å². The van der Waals surface area contributed by atoms with Gasteiger partial charge >= 0.3 is 0 Å². The van der Waals surface area contributed by atoms with Crippen molar-refractivity contribution in [1.82, 2.24) is 4.90 Å². The van der Waals surface area contributed by atoms with Crippen molar-refractivity contribution in [3.05, 3.63) is 58.7 Å². The number of carbonyl (C=O) groups excluding carboxylic acids is 2. The fourth-order valence-electron chi connectivity index (χ4n) is 6.09. The van der Waals surface area contributed by atoms with E-state index in [1.807, 2.05) is 38.1 Å². The Balaban J connectivity index is 1.81. The van der Waals surface area contributed by atoms with Crippen LogP contribution in [0.2, 0.25) is 0 Å². The summed E-state index contributed by atoms with van der Waals surface area (Å²) in [6.07, 6.45) is 9.20. The highest BCUT2D eigenvalue weighted by atomic mass is 16.2. The molecular formula is C36H59N4O2+. The quantitative estimate of drug-likeness (QED) is 0.124. The van der Waals surface area contributed by atoms with Crippen LogP contribution in [0.1, 0.15) is 94.4 Å². The lowest BCUT2D eigenvalue weighted by Crippen LogP contribution is -2.54. The number of hydrogen-bond acceptors (Lipinski definition) is 3. The number of carbonyl (C=O) groups is 2. The van der Waals surface area contributed by atoms with E-state index in [-0.39, 0.29) is 11.8 Å². The van der Waals surface area contributed by atoms with Crippen molar-refractivity contribution in [1.29, 1.82) is 0 Å².